The number of methoxy groups -OCH3 is 1. The molecule has 3 rings (SSSR count). The second-order valence-corrected chi connectivity index (χ2v) is 7.70. The minimum atomic E-state index is -3.80. The number of aromatic nitrogens is 1. The zero-order valence-corrected chi connectivity index (χ0v) is 15.7. The molecule has 1 aromatic carbocycles. The normalized spacial score (nSPS) is 14.8. The number of rotatable bonds is 6. The Morgan fingerprint density at radius 1 is 1.26 bits per heavy atom. The van der Waals surface area contributed by atoms with E-state index in [2.05, 4.69) is 19.3 Å². The topological polar surface area (TPSA) is 97.8 Å². The molecule has 0 unspecified atom stereocenters. The van der Waals surface area contributed by atoms with Crippen LogP contribution in [-0.4, -0.2) is 52.8 Å². The zero-order chi connectivity index (χ0) is 19.3. The molecule has 8 nitrogen and oxygen atoms in total. The number of anilines is 1. The highest BCUT2D eigenvalue weighted by atomic mass is 32.2. The molecule has 1 fully saturated rings. The lowest BCUT2D eigenvalue weighted by atomic mass is 10.2. The van der Waals surface area contributed by atoms with Crippen molar-refractivity contribution in [3.8, 4) is 0 Å². The Kier molecular flexibility index (Phi) is 6.04. The fourth-order valence-electron chi connectivity index (χ4n) is 2.79. The second-order valence-electron chi connectivity index (χ2n) is 5.93. The van der Waals surface area contributed by atoms with E-state index < -0.39 is 16.0 Å². The third-order valence-electron chi connectivity index (χ3n) is 4.20. The van der Waals surface area contributed by atoms with Crippen molar-refractivity contribution in [2.45, 2.75) is 11.4 Å². The fraction of sp³-hybridized carbons (Fsp3) is 0.333. The van der Waals surface area contributed by atoms with E-state index in [1.807, 2.05) is 6.07 Å². The molecule has 144 valence electrons. The third-order valence-corrected chi connectivity index (χ3v) is 5.60. The van der Waals surface area contributed by atoms with Gasteiger partial charge in [0.15, 0.2) is 0 Å². The molecular formula is C18H21N3O5S. The van der Waals surface area contributed by atoms with Crippen LogP contribution in [0.5, 0.6) is 0 Å². The molecule has 1 aromatic heterocycles. The number of benzene rings is 1. The predicted octanol–water partition coefficient (Wildman–Crippen LogP) is 1.18. The molecule has 0 amide bonds. The molecule has 0 aliphatic carbocycles. The second kappa shape index (κ2) is 8.47. The molecule has 27 heavy (non-hydrogen) atoms. The number of hydrogen-bond acceptors (Lipinski definition) is 7. The molecule has 9 heteroatoms. The Morgan fingerprint density at radius 2 is 2.04 bits per heavy atom. The van der Waals surface area contributed by atoms with Crippen LogP contribution >= 0.6 is 0 Å². The van der Waals surface area contributed by atoms with Crippen LogP contribution in [-0.2, 0) is 26.0 Å². The molecule has 0 radical (unpaired) electrons. The van der Waals surface area contributed by atoms with Crippen LogP contribution in [0.25, 0.3) is 0 Å². The lowest BCUT2D eigenvalue weighted by Gasteiger charge is -2.29. The van der Waals surface area contributed by atoms with Crippen LogP contribution in [0.15, 0.2) is 47.5 Å². The van der Waals surface area contributed by atoms with Crippen LogP contribution < -0.4 is 9.62 Å². The van der Waals surface area contributed by atoms with E-state index in [1.54, 1.807) is 12.3 Å². The molecule has 1 saturated heterocycles. The highest BCUT2D eigenvalue weighted by Gasteiger charge is 2.19. The van der Waals surface area contributed by atoms with Gasteiger partial charge in [-0.25, -0.2) is 22.9 Å². The van der Waals surface area contributed by atoms with Crippen LogP contribution in [0.2, 0.25) is 0 Å². The molecule has 1 N–H and O–H groups in total. The Balaban J connectivity index is 1.77. The summed E-state index contributed by atoms with van der Waals surface area (Å²) in [5.41, 5.74) is 0.947. The number of sulfonamides is 1. The minimum absolute atomic E-state index is 0.00205. The highest BCUT2D eigenvalue weighted by molar-refractivity contribution is 7.89. The van der Waals surface area contributed by atoms with E-state index in [9.17, 15) is 13.2 Å². The van der Waals surface area contributed by atoms with E-state index in [0.29, 0.717) is 26.3 Å². The summed E-state index contributed by atoms with van der Waals surface area (Å²) in [5.74, 6) is 0.153. The van der Waals surface area contributed by atoms with Crippen molar-refractivity contribution < 1.29 is 22.7 Å². The van der Waals surface area contributed by atoms with E-state index in [1.165, 1.54) is 31.4 Å². The van der Waals surface area contributed by atoms with Crippen LogP contribution in [0.4, 0.5) is 5.82 Å². The summed E-state index contributed by atoms with van der Waals surface area (Å²) in [5, 5.41) is 0. The smallest absolute Gasteiger partial charge is 0.337 e. The number of nitrogens with one attached hydrogen (secondary N) is 1. The lowest BCUT2D eigenvalue weighted by molar-refractivity contribution is 0.0600. The molecule has 1 aliphatic heterocycles. The lowest BCUT2D eigenvalue weighted by Crippen LogP contribution is -2.37. The van der Waals surface area contributed by atoms with Crippen molar-refractivity contribution in [2.75, 3.05) is 38.3 Å². The first-order valence-electron chi connectivity index (χ1n) is 8.46. The van der Waals surface area contributed by atoms with Gasteiger partial charge in [-0.3, -0.25) is 0 Å². The van der Waals surface area contributed by atoms with E-state index in [4.69, 9.17) is 4.74 Å². The van der Waals surface area contributed by atoms with Crippen LogP contribution in [0, 0.1) is 0 Å². The van der Waals surface area contributed by atoms with Gasteiger partial charge in [-0.1, -0.05) is 12.1 Å². The summed E-state index contributed by atoms with van der Waals surface area (Å²) < 4.78 is 37.8. The van der Waals surface area contributed by atoms with Gasteiger partial charge in [0, 0.05) is 31.4 Å². The van der Waals surface area contributed by atoms with Gasteiger partial charge < -0.3 is 14.4 Å². The van der Waals surface area contributed by atoms with Gasteiger partial charge >= 0.3 is 5.97 Å². The van der Waals surface area contributed by atoms with E-state index in [0.717, 1.165) is 11.4 Å². The van der Waals surface area contributed by atoms with Gasteiger partial charge in [-0.15, -0.1) is 0 Å². The summed E-state index contributed by atoms with van der Waals surface area (Å²) in [6.45, 7) is 2.73. The summed E-state index contributed by atoms with van der Waals surface area (Å²) in [6, 6.07) is 9.34. The molecule has 2 aromatic rings. The number of carbonyl (C=O) groups is 1. The number of pyridine rings is 1. The standard InChI is InChI=1S/C18H21N3O5S/c1-25-18(22)14-4-2-6-16(12-14)27(23,24)20-13-15-5-3-7-19-17(15)21-8-10-26-11-9-21/h2-7,12,20H,8-11,13H2,1H3. The zero-order valence-electron chi connectivity index (χ0n) is 14.9. The number of nitrogens with zero attached hydrogens (tertiary/aromatic N) is 2. The van der Waals surface area contributed by atoms with Crippen molar-refractivity contribution in [3.63, 3.8) is 0 Å². The van der Waals surface area contributed by atoms with E-state index in [-0.39, 0.29) is 17.0 Å². The largest absolute Gasteiger partial charge is 0.465 e. The van der Waals surface area contributed by atoms with Crippen molar-refractivity contribution >= 4 is 21.8 Å². The van der Waals surface area contributed by atoms with Gasteiger partial charge in [-0.05, 0) is 24.3 Å². The van der Waals surface area contributed by atoms with Crippen molar-refractivity contribution in [1.82, 2.24) is 9.71 Å². The maximum Gasteiger partial charge on any atom is 0.337 e. The quantitative estimate of drug-likeness (QED) is 0.739. The SMILES string of the molecule is COC(=O)c1cccc(S(=O)(=O)NCc2cccnc2N2CCOCC2)c1. The Hall–Kier alpha value is -2.49. The van der Waals surface area contributed by atoms with Crippen molar-refractivity contribution in [3.05, 3.63) is 53.7 Å². The molecule has 0 bridgehead atoms. The first-order chi connectivity index (χ1) is 13.0. The molecule has 0 saturated carbocycles. The Bertz CT molecular complexity index is 911. The molecule has 2 heterocycles. The first kappa shape index (κ1) is 19.3. The first-order valence-corrected chi connectivity index (χ1v) is 9.94. The summed E-state index contributed by atoms with van der Waals surface area (Å²) in [6.07, 6.45) is 1.68. The number of hydrogen-bond donors (Lipinski definition) is 1. The highest BCUT2D eigenvalue weighted by Crippen LogP contribution is 2.19. The maximum atomic E-state index is 12.6. The average molecular weight is 391 g/mol. The van der Waals surface area contributed by atoms with Gasteiger partial charge in [0.2, 0.25) is 10.0 Å². The van der Waals surface area contributed by atoms with Gasteiger partial charge in [0.05, 0.1) is 30.8 Å². The average Bonchev–Trinajstić information content (AvgIpc) is 2.72. The van der Waals surface area contributed by atoms with Gasteiger partial charge in [0.1, 0.15) is 5.82 Å². The summed E-state index contributed by atoms with van der Waals surface area (Å²) in [4.78, 5) is 18.1. The fourth-order valence-corrected chi connectivity index (χ4v) is 3.84. The molecule has 0 atom stereocenters. The monoisotopic (exact) mass is 391 g/mol. The van der Waals surface area contributed by atoms with Crippen molar-refractivity contribution in [2.24, 2.45) is 0 Å². The molecule has 1 aliphatic rings. The molecular weight excluding hydrogens is 370 g/mol. The summed E-state index contributed by atoms with van der Waals surface area (Å²) in [7, 11) is -2.55. The Morgan fingerprint density at radius 3 is 2.78 bits per heavy atom. The number of carbonyl (C=O) groups excluding carboxylic acids is 1. The third kappa shape index (κ3) is 4.62. The van der Waals surface area contributed by atoms with Crippen molar-refractivity contribution in [1.29, 1.82) is 0 Å². The van der Waals surface area contributed by atoms with Crippen LogP contribution in [0.1, 0.15) is 15.9 Å². The summed E-state index contributed by atoms with van der Waals surface area (Å²) >= 11 is 0. The van der Waals surface area contributed by atoms with Gasteiger partial charge in [0.25, 0.3) is 0 Å². The van der Waals surface area contributed by atoms with E-state index >= 15 is 0 Å². The van der Waals surface area contributed by atoms with Crippen LogP contribution in [0.3, 0.4) is 0 Å². The van der Waals surface area contributed by atoms with Gasteiger partial charge in [-0.2, -0.15) is 0 Å². The number of esters is 1. The Labute approximate surface area is 158 Å². The number of morpholine rings is 1. The molecule has 0 spiro atoms. The maximum absolute atomic E-state index is 12.6. The number of ether oxygens (including phenoxy) is 2. The predicted molar refractivity (Wildman–Crippen MR) is 99.1 cm³/mol. The minimum Gasteiger partial charge on any atom is -0.465 e.